The molecular weight excluding hydrogens is 325 g/mol. The maximum atomic E-state index is 12.2. The van der Waals surface area contributed by atoms with Gasteiger partial charge in [-0.2, -0.15) is 0 Å². The van der Waals surface area contributed by atoms with Gasteiger partial charge < -0.3 is 14.8 Å². The molecule has 2 aromatic carbocycles. The molecule has 1 heterocycles. The molecule has 1 unspecified atom stereocenters. The lowest BCUT2D eigenvalue weighted by Crippen LogP contribution is -2.18. The lowest BCUT2D eigenvalue weighted by Gasteiger charge is -2.08. The Labute approximate surface area is 139 Å². The summed E-state index contributed by atoms with van der Waals surface area (Å²) < 4.78 is 13.7. The number of anilines is 1. The Morgan fingerprint density at radius 3 is 2.58 bits per heavy atom. The van der Waals surface area contributed by atoms with E-state index in [1.807, 2.05) is 13.0 Å². The monoisotopic (exact) mass is 343 g/mol. The van der Waals surface area contributed by atoms with Gasteiger partial charge in [-0.05, 0) is 37.3 Å². The minimum atomic E-state index is -3.47. The summed E-state index contributed by atoms with van der Waals surface area (Å²) in [5.41, 5.74) is 2.67. The number of benzene rings is 2. The van der Waals surface area contributed by atoms with Crippen molar-refractivity contribution in [1.29, 1.82) is 0 Å². The van der Waals surface area contributed by atoms with E-state index in [9.17, 15) is 14.3 Å². The summed E-state index contributed by atoms with van der Waals surface area (Å²) in [5.74, 6) is -0.214. The van der Waals surface area contributed by atoms with Gasteiger partial charge in [0.25, 0.3) is 13.3 Å². The van der Waals surface area contributed by atoms with Crippen LogP contribution >= 0.6 is 7.37 Å². The fourth-order valence-corrected chi connectivity index (χ4v) is 3.61. The van der Waals surface area contributed by atoms with Crippen molar-refractivity contribution in [2.45, 2.75) is 13.5 Å². The van der Waals surface area contributed by atoms with E-state index in [1.54, 1.807) is 47.0 Å². The molecular formula is C17H18N3O3P. The summed E-state index contributed by atoms with van der Waals surface area (Å²) in [7, 11) is -3.47. The number of hydrogen-bond donors (Lipinski definition) is 2. The molecule has 0 fully saturated rings. The molecule has 6 nitrogen and oxygen atoms in total. The van der Waals surface area contributed by atoms with Crippen molar-refractivity contribution >= 4 is 35.6 Å². The molecule has 0 spiro atoms. The zero-order valence-electron chi connectivity index (χ0n) is 13.4. The number of hydrogen-bond acceptors (Lipinski definition) is 3. The van der Waals surface area contributed by atoms with Gasteiger partial charge in [-0.3, -0.25) is 9.36 Å². The van der Waals surface area contributed by atoms with Crippen molar-refractivity contribution in [1.82, 2.24) is 9.55 Å². The predicted octanol–water partition coefficient (Wildman–Crippen LogP) is 2.83. The van der Waals surface area contributed by atoms with E-state index < -0.39 is 7.37 Å². The number of rotatable bonds is 4. The summed E-state index contributed by atoms with van der Waals surface area (Å²) >= 11 is 0. The highest BCUT2D eigenvalue weighted by Crippen LogP contribution is 2.35. The molecule has 0 aliphatic rings. The highest BCUT2D eigenvalue weighted by molar-refractivity contribution is 7.64. The minimum absolute atomic E-state index is 0.173. The van der Waals surface area contributed by atoms with Crippen LogP contribution in [0.5, 0.6) is 0 Å². The van der Waals surface area contributed by atoms with E-state index in [4.69, 9.17) is 0 Å². The Hall–Kier alpha value is -2.43. The summed E-state index contributed by atoms with van der Waals surface area (Å²) in [6.07, 6.45) is 0. The normalized spacial score (nSPS) is 13.6. The van der Waals surface area contributed by atoms with Crippen LogP contribution in [-0.4, -0.2) is 27.0 Å². The zero-order chi connectivity index (χ0) is 17.3. The molecule has 24 heavy (non-hydrogen) atoms. The number of carbonyl (C=O) groups is 1. The van der Waals surface area contributed by atoms with E-state index in [0.717, 1.165) is 5.52 Å². The Bertz CT molecular complexity index is 944. The van der Waals surface area contributed by atoms with Gasteiger partial charge >= 0.3 is 0 Å². The molecule has 0 aliphatic carbocycles. The number of carbonyl (C=O) groups excluding carboxylic acids is 1. The number of nitrogens with zero attached hydrogens (tertiary/aromatic N) is 2. The first kappa shape index (κ1) is 16.4. The van der Waals surface area contributed by atoms with Crippen LogP contribution in [-0.2, 0) is 11.1 Å². The Balaban J connectivity index is 1.97. The second kappa shape index (κ2) is 6.23. The molecule has 0 radical (unpaired) electrons. The number of imidazole rings is 1. The van der Waals surface area contributed by atoms with Crippen molar-refractivity contribution < 1.29 is 14.3 Å². The van der Waals surface area contributed by atoms with Crippen molar-refractivity contribution in [2.24, 2.45) is 0 Å². The molecule has 7 heteroatoms. The van der Waals surface area contributed by atoms with Gasteiger partial charge in [0.1, 0.15) is 0 Å². The number of amides is 1. The second-order valence-corrected chi connectivity index (χ2v) is 7.72. The number of nitrogens with one attached hydrogen (secondary N) is 1. The molecule has 0 saturated carbocycles. The highest BCUT2D eigenvalue weighted by Gasteiger charge is 2.23. The van der Waals surface area contributed by atoms with Crippen LogP contribution in [0.4, 0.5) is 5.69 Å². The van der Waals surface area contributed by atoms with Gasteiger partial charge in [0.2, 0.25) is 0 Å². The summed E-state index contributed by atoms with van der Waals surface area (Å²) in [5, 5.41) is 2.82. The average molecular weight is 343 g/mol. The van der Waals surface area contributed by atoms with Crippen molar-refractivity contribution in [2.75, 3.05) is 12.0 Å². The zero-order valence-corrected chi connectivity index (χ0v) is 14.3. The molecule has 1 aromatic heterocycles. The van der Waals surface area contributed by atoms with Gasteiger partial charge in [-0.15, -0.1) is 0 Å². The highest BCUT2D eigenvalue weighted by atomic mass is 31.2. The van der Waals surface area contributed by atoms with E-state index in [-0.39, 0.29) is 11.5 Å². The van der Waals surface area contributed by atoms with Gasteiger partial charge in [-0.25, -0.2) is 4.98 Å². The van der Waals surface area contributed by atoms with Crippen LogP contribution in [0, 0.1) is 0 Å². The lowest BCUT2D eigenvalue weighted by atomic mass is 10.2. The maximum absolute atomic E-state index is 12.2. The van der Waals surface area contributed by atoms with E-state index in [2.05, 4.69) is 10.3 Å². The third-order valence-corrected chi connectivity index (χ3v) is 4.79. The number of aromatic nitrogens is 2. The Morgan fingerprint density at radius 1 is 1.25 bits per heavy atom. The van der Waals surface area contributed by atoms with Gasteiger partial charge in [0.05, 0.1) is 11.0 Å². The van der Waals surface area contributed by atoms with Crippen LogP contribution in [0.3, 0.4) is 0 Å². The van der Waals surface area contributed by atoms with E-state index in [1.165, 1.54) is 6.66 Å². The fraction of sp³-hybridized carbons (Fsp3) is 0.176. The molecule has 2 N–H and O–H groups in total. The fourth-order valence-electron chi connectivity index (χ4n) is 2.62. The first-order chi connectivity index (χ1) is 11.4. The van der Waals surface area contributed by atoms with Gasteiger partial charge in [0.15, 0.2) is 5.57 Å². The van der Waals surface area contributed by atoms with Crippen molar-refractivity contribution in [3.63, 3.8) is 0 Å². The van der Waals surface area contributed by atoms with Gasteiger partial charge in [0, 0.05) is 24.5 Å². The molecule has 0 bridgehead atoms. The Morgan fingerprint density at radius 2 is 1.96 bits per heavy atom. The molecule has 124 valence electrons. The van der Waals surface area contributed by atoms with Crippen LogP contribution in [0.15, 0.2) is 48.5 Å². The topological polar surface area (TPSA) is 84.2 Å². The molecule has 3 aromatic rings. The lowest BCUT2D eigenvalue weighted by molar-refractivity contribution is 0.102. The number of aryl methyl sites for hydroxylation is 1. The largest absolute Gasteiger partial charge is 0.339 e. The molecule has 3 rings (SSSR count). The standard InChI is InChI=1S/C17H18N3O3P/c1-3-20-15-10-9-13(11-14(15)19-17(20)24(2,22)23)18-16(21)12-7-5-4-6-8-12/h4-11H,3H2,1-2H3,(H,18,21)(H,22,23). The van der Waals surface area contributed by atoms with Gasteiger partial charge in [-0.1, -0.05) is 18.2 Å². The smallest absolute Gasteiger partial charge is 0.261 e. The van der Waals surface area contributed by atoms with Crippen molar-refractivity contribution in [3.05, 3.63) is 54.1 Å². The second-order valence-electron chi connectivity index (χ2n) is 5.56. The molecule has 0 saturated heterocycles. The van der Waals surface area contributed by atoms with E-state index in [0.29, 0.717) is 23.3 Å². The van der Waals surface area contributed by atoms with Crippen molar-refractivity contribution in [3.8, 4) is 0 Å². The van der Waals surface area contributed by atoms with Crippen LogP contribution < -0.4 is 10.9 Å². The van der Waals surface area contributed by atoms with Crippen LogP contribution in [0.25, 0.3) is 11.0 Å². The third kappa shape index (κ3) is 3.11. The minimum Gasteiger partial charge on any atom is -0.339 e. The quantitative estimate of drug-likeness (QED) is 0.714. The van der Waals surface area contributed by atoms with Crippen LogP contribution in [0.1, 0.15) is 17.3 Å². The first-order valence-corrected chi connectivity index (χ1v) is 9.68. The maximum Gasteiger partial charge on any atom is 0.261 e. The Kier molecular flexibility index (Phi) is 4.26. The molecule has 1 atom stereocenters. The van der Waals surface area contributed by atoms with E-state index >= 15 is 0 Å². The molecule has 1 amide bonds. The summed E-state index contributed by atoms with van der Waals surface area (Å²) in [6.45, 7) is 3.71. The molecule has 0 aliphatic heterocycles. The number of fused-ring (bicyclic) bond motifs is 1. The SMILES string of the molecule is CCn1c(P(C)(=O)O)nc2cc(NC(=O)c3ccccc3)ccc21. The van der Waals surface area contributed by atoms with Crippen LogP contribution in [0.2, 0.25) is 0 Å². The average Bonchev–Trinajstić information content (AvgIpc) is 2.93. The third-order valence-electron chi connectivity index (χ3n) is 3.71. The summed E-state index contributed by atoms with van der Waals surface area (Å²) in [6, 6.07) is 14.2. The first-order valence-electron chi connectivity index (χ1n) is 7.57. The predicted molar refractivity (Wildman–Crippen MR) is 95.2 cm³/mol. The summed E-state index contributed by atoms with van der Waals surface area (Å²) in [4.78, 5) is 26.4.